The number of sulfone groups is 1. The summed E-state index contributed by atoms with van der Waals surface area (Å²) in [5, 5.41) is 13.6. The molecule has 0 spiro atoms. The minimum Gasteiger partial charge on any atom is -0.387 e. The summed E-state index contributed by atoms with van der Waals surface area (Å²) >= 11 is 0. The van der Waals surface area contributed by atoms with E-state index >= 15 is 0 Å². The Morgan fingerprint density at radius 2 is 1.81 bits per heavy atom. The van der Waals surface area contributed by atoms with Gasteiger partial charge in [-0.05, 0) is 43.4 Å². The molecule has 2 rings (SSSR count). The first-order chi connectivity index (χ1) is 9.88. The van der Waals surface area contributed by atoms with Gasteiger partial charge in [0, 0.05) is 18.8 Å². The van der Waals surface area contributed by atoms with Crippen molar-refractivity contribution in [3.63, 3.8) is 0 Å². The molecule has 0 amide bonds. The molecular weight excluding hydrogens is 286 g/mol. The number of aliphatic hydroxyl groups excluding tert-OH is 1. The van der Waals surface area contributed by atoms with Crippen LogP contribution in [-0.2, 0) is 9.84 Å². The third kappa shape index (κ3) is 4.53. The highest BCUT2D eigenvalue weighted by Gasteiger charge is 2.21. The van der Waals surface area contributed by atoms with E-state index in [1.54, 1.807) is 24.3 Å². The van der Waals surface area contributed by atoms with Crippen molar-refractivity contribution in [2.24, 2.45) is 5.92 Å². The lowest BCUT2D eigenvalue weighted by Gasteiger charge is -2.22. The Balaban J connectivity index is 1.89. The van der Waals surface area contributed by atoms with E-state index in [4.69, 9.17) is 0 Å². The maximum atomic E-state index is 11.4. The van der Waals surface area contributed by atoms with Crippen molar-refractivity contribution in [2.75, 3.05) is 12.8 Å². The van der Waals surface area contributed by atoms with Crippen LogP contribution in [0.3, 0.4) is 0 Å². The van der Waals surface area contributed by atoms with Gasteiger partial charge < -0.3 is 10.4 Å². The van der Waals surface area contributed by atoms with Crippen LogP contribution in [0.15, 0.2) is 29.2 Å². The molecule has 0 radical (unpaired) electrons. The van der Waals surface area contributed by atoms with Crippen LogP contribution in [0.4, 0.5) is 0 Å². The van der Waals surface area contributed by atoms with Crippen molar-refractivity contribution in [1.82, 2.24) is 5.32 Å². The molecule has 0 saturated heterocycles. The first kappa shape index (κ1) is 16.5. The summed E-state index contributed by atoms with van der Waals surface area (Å²) < 4.78 is 22.8. The Hall–Kier alpha value is -0.910. The number of hydrogen-bond acceptors (Lipinski definition) is 4. The molecule has 0 bridgehead atoms. The lowest BCUT2D eigenvalue weighted by atomic mass is 9.99. The average Bonchev–Trinajstić information content (AvgIpc) is 2.98. The van der Waals surface area contributed by atoms with Gasteiger partial charge in [-0.3, -0.25) is 0 Å². The fourth-order valence-electron chi connectivity index (χ4n) is 2.98. The van der Waals surface area contributed by atoms with Crippen LogP contribution < -0.4 is 5.32 Å². The maximum Gasteiger partial charge on any atom is 0.175 e. The third-order valence-corrected chi connectivity index (χ3v) is 5.56. The first-order valence-corrected chi connectivity index (χ1v) is 9.48. The molecule has 2 N–H and O–H groups in total. The van der Waals surface area contributed by atoms with Crippen LogP contribution >= 0.6 is 0 Å². The van der Waals surface area contributed by atoms with Crippen LogP contribution in [-0.4, -0.2) is 32.4 Å². The summed E-state index contributed by atoms with van der Waals surface area (Å²) in [6.45, 7) is 2.67. The van der Waals surface area contributed by atoms with Crippen molar-refractivity contribution < 1.29 is 13.5 Å². The largest absolute Gasteiger partial charge is 0.387 e. The molecule has 1 aliphatic rings. The smallest absolute Gasteiger partial charge is 0.175 e. The molecule has 5 heteroatoms. The first-order valence-electron chi connectivity index (χ1n) is 7.59. The molecule has 1 fully saturated rings. The zero-order valence-corrected chi connectivity index (χ0v) is 13.6. The summed E-state index contributed by atoms with van der Waals surface area (Å²) in [5.41, 5.74) is 0.744. The predicted molar refractivity (Wildman–Crippen MR) is 83.9 cm³/mol. The Morgan fingerprint density at radius 3 is 2.33 bits per heavy atom. The molecule has 1 aromatic carbocycles. The van der Waals surface area contributed by atoms with Gasteiger partial charge in [0.2, 0.25) is 0 Å². The van der Waals surface area contributed by atoms with Gasteiger partial charge in [0.25, 0.3) is 0 Å². The summed E-state index contributed by atoms with van der Waals surface area (Å²) in [4.78, 5) is 0.283. The Morgan fingerprint density at radius 1 is 1.24 bits per heavy atom. The van der Waals surface area contributed by atoms with Crippen LogP contribution in [0.2, 0.25) is 0 Å². The SMILES string of the molecule is C[C@@H](NCC(O)c1ccc(S(C)(=O)=O)cc1)C1CCCC1. The molecule has 118 valence electrons. The van der Waals surface area contributed by atoms with Crippen molar-refractivity contribution in [3.05, 3.63) is 29.8 Å². The van der Waals surface area contributed by atoms with Gasteiger partial charge in [0.15, 0.2) is 9.84 Å². The van der Waals surface area contributed by atoms with Crippen LogP contribution in [0, 0.1) is 5.92 Å². The minimum absolute atomic E-state index is 0.283. The monoisotopic (exact) mass is 311 g/mol. The standard InChI is InChI=1S/C16H25NO3S/c1-12(13-5-3-4-6-13)17-11-16(18)14-7-9-15(10-8-14)21(2,19)20/h7-10,12-13,16-18H,3-6,11H2,1-2H3/t12-,16?/m1/s1. The molecule has 21 heavy (non-hydrogen) atoms. The number of aliphatic hydroxyl groups is 1. The quantitative estimate of drug-likeness (QED) is 0.846. The zero-order valence-electron chi connectivity index (χ0n) is 12.7. The molecule has 1 unspecified atom stereocenters. The Labute approximate surface area is 127 Å². The summed E-state index contributed by atoms with van der Waals surface area (Å²) in [5.74, 6) is 0.713. The van der Waals surface area contributed by atoms with E-state index in [9.17, 15) is 13.5 Å². The van der Waals surface area contributed by atoms with Gasteiger partial charge in [-0.25, -0.2) is 8.42 Å². The number of rotatable bonds is 6. The lowest BCUT2D eigenvalue weighted by molar-refractivity contribution is 0.165. The minimum atomic E-state index is -3.18. The van der Waals surface area contributed by atoms with Gasteiger partial charge in [0.1, 0.15) is 0 Å². The highest BCUT2D eigenvalue weighted by Crippen LogP contribution is 2.27. The second kappa shape index (κ2) is 6.90. The topological polar surface area (TPSA) is 66.4 Å². The molecule has 0 aromatic heterocycles. The molecule has 1 aromatic rings. The van der Waals surface area contributed by atoms with E-state index in [0.29, 0.717) is 18.5 Å². The lowest BCUT2D eigenvalue weighted by Crippen LogP contribution is -2.35. The van der Waals surface area contributed by atoms with Gasteiger partial charge in [-0.15, -0.1) is 0 Å². The fourth-order valence-corrected chi connectivity index (χ4v) is 3.61. The maximum absolute atomic E-state index is 11.4. The van der Waals surface area contributed by atoms with E-state index in [1.165, 1.54) is 31.9 Å². The molecule has 0 heterocycles. The summed E-state index contributed by atoms with van der Waals surface area (Å²) in [6.07, 6.45) is 5.74. The van der Waals surface area contributed by atoms with Crippen LogP contribution in [0.25, 0.3) is 0 Å². The molecule has 1 saturated carbocycles. The number of nitrogens with one attached hydrogen (secondary N) is 1. The second-order valence-corrected chi connectivity index (χ2v) is 8.11. The highest BCUT2D eigenvalue weighted by molar-refractivity contribution is 7.90. The highest BCUT2D eigenvalue weighted by atomic mass is 32.2. The van der Waals surface area contributed by atoms with Gasteiger partial charge in [0.05, 0.1) is 11.0 Å². The fraction of sp³-hybridized carbons (Fsp3) is 0.625. The average molecular weight is 311 g/mol. The van der Waals surface area contributed by atoms with Crippen molar-refractivity contribution >= 4 is 9.84 Å². The van der Waals surface area contributed by atoms with Gasteiger partial charge >= 0.3 is 0 Å². The molecule has 0 aliphatic heterocycles. The molecule has 1 aliphatic carbocycles. The van der Waals surface area contributed by atoms with E-state index in [1.807, 2.05) is 0 Å². The number of hydrogen-bond donors (Lipinski definition) is 2. The Bertz CT molecular complexity index is 547. The summed E-state index contributed by atoms with van der Waals surface area (Å²) in [6, 6.07) is 6.88. The number of benzene rings is 1. The van der Waals surface area contributed by atoms with Crippen molar-refractivity contribution in [1.29, 1.82) is 0 Å². The normalized spacial score (nSPS) is 19.6. The summed E-state index contributed by atoms with van der Waals surface area (Å²) in [7, 11) is -3.18. The Kier molecular flexibility index (Phi) is 5.41. The zero-order chi connectivity index (χ0) is 15.5. The van der Waals surface area contributed by atoms with E-state index in [-0.39, 0.29) is 4.90 Å². The van der Waals surface area contributed by atoms with Gasteiger partial charge in [-0.2, -0.15) is 0 Å². The second-order valence-electron chi connectivity index (χ2n) is 6.10. The predicted octanol–water partition coefficient (Wildman–Crippen LogP) is 2.29. The van der Waals surface area contributed by atoms with E-state index < -0.39 is 15.9 Å². The molecular formula is C16H25NO3S. The third-order valence-electron chi connectivity index (χ3n) is 4.43. The van der Waals surface area contributed by atoms with Crippen LogP contribution in [0.1, 0.15) is 44.3 Å². The van der Waals surface area contributed by atoms with E-state index in [2.05, 4.69) is 12.2 Å². The molecule has 4 nitrogen and oxygen atoms in total. The van der Waals surface area contributed by atoms with Crippen LogP contribution in [0.5, 0.6) is 0 Å². The molecule has 2 atom stereocenters. The van der Waals surface area contributed by atoms with Crippen molar-refractivity contribution in [3.8, 4) is 0 Å². The van der Waals surface area contributed by atoms with E-state index in [0.717, 1.165) is 5.56 Å². The van der Waals surface area contributed by atoms with Gasteiger partial charge in [-0.1, -0.05) is 25.0 Å². The van der Waals surface area contributed by atoms with Crippen molar-refractivity contribution in [2.45, 2.75) is 49.6 Å².